The van der Waals surface area contributed by atoms with Gasteiger partial charge in [-0.3, -0.25) is 4.79 Å². The summed E-state index contributed by atoms with van der Waals surface area (Å²) in [5.74, 6) is 0.744. The zero-order valence-corrected chi connectivity index (χ0v) is 13.3. The Morgan fingerprint density at radius 2 is 2.00 bits per heavy atom. The number of nitrogens with one attached hydrogen (secondary N) is 1. The molecule has 0 radical (unpaired) electrons. The third-order valence-corrected chi connectivity index (χ3v) is 5.44. The van der Waals surface area contributed by atoms with E-state index in [0.717, 1.165) is 24.9 Å². The lowest BCUT2D eigenvalue weighted by Crippen LogP contribution is -2.53. The van der Waals surface area contributed by atoms with Crippen molar-refractivity contribution in [2.75, 3.05) is 27.2 Å². The lowest BCUT2D eigenvalue weighted by atomic mass is 9.78. The van der Waals surface area contributed by atoms with Gasteiger partial charge >= 0.3 is 5.97 Å². The Kier molecular flexibility index (Phi) is 5.44. The molecule has 0 aromatic carbocycles. The van der Waals surface area contributed by atoms with Crippen LogP contribution >= 0.6 is 0 Å². The summed E-state index contributed by atoms with van der Waals surface area (Å²) in [6.45, 7) is 4.14. The van der Waals surface area contributed by atoms with E-state index < -0.39 is 5.54 Å². The third-order valence-electron chi connectivity index (χ3n) is 5.44. The highest BCUT2D eigenvalue weighted by Crippen LogP contribution is 2.35. The molecule has 0 aromatic rings. The van der Waals surface area contributed by atoms with Gasteiger partial charge in [-0.2, -0.15) is 0 Å². The highest BCUT2D eigenvalue weighted by molar-refractivity contribution is 5.80. The van der Waals surface area contributed by atoms with Crippen LogP contribution in [0.1, 0.15) is 51.9 Å². The number of nitrogens with zero attached hydrogens (tertiary/aromatic N) is 1. The number of esters is 1. The normalized spacial score (nSPS) is 30.4. The summed E-state index contributed by atoms with van der Waals surface area (Å²) in [7, 11) is 3.31. The van der Waals surface area contributed by atoms with Crippen LogP contribution in [0.5, 0.6) is 0 Å². The standard InChI is InChI=1S/C16H30N2O2/c1-16(17-2,15(19)20-3)10-12-18-11-6-8-13-7-4-5-9-14(13)18/h13-14,17H,4-12H2,1-3H3/t13-,14-,16?/m1/s1. The number of hydrogen-bond acceptors (Lipinski definition) is 4. The van der Waals surface area contributed by atoms with E-state index in [4.69, 9.17) is 4.74 Å². The van der Waals surface area contributed by atoms with Crippen LogP contribution in [0.15, 0.2) is 0 Å². The first-order valence-corrected chi connectivity index (χ1v) is 8.12. The molecule has 2 fully saturated rings. The molecule has 1 saturated heterocycles. The Hall–Kier alpha value is -0.610. The molecule has 0 bridgehead atoms. The minimum absolute atomic E-state index is 0.155. The predicted octanol–water partition coefficient (Wildman–Crippen LogP) is 2.18. The minimum atomic E-state index is -0.559. The Balaban J connectivity index is 1.93. The summed E-state index contributed by atoms with van der Waals surface area (Å²) in [5.41, 5.74) is -0.559. The van der Waals surface area contributed by atoms with E-state index in [9.17, 15) is 4.79 Å². The number of ether oxygens (including phenoxy) is 1. The molecular formula is C16H30N2O2. The van der Waals surface area contributed by atoms with Crippen LogP contribution in [0.4, 0.5) is 0 Å². The summed E-state index contributed by atoms with van der Waals surface area (Å²) in [6.07, 6.45) is 9.07. The average molecular weight is 282 g/mol. The van der Waals surface area contributed by atoms with Crippen LogP contribution < -0.4 is 5.32 Å². The zero-order chi connectivity index (χ0) is 14.6. The fourth-order valence-electron chi connectivity index (χ4n) is 3.93. The quantitative estimate of drug-likeness (QED) is 0.785. The third kappa shape index (κ3) is 3.34. The first kappa shape index (κ1) is 15.8. The maximum Gasteiger partial charge on any atom is 0.325 e. The second kappa shape index (κ2) is 6.90. The SMILES string of the molecule is CNC(C)(CCN1CCC[C@H]2CCCC[C@H]21)C(=O)OC. The summed E-state index contributed by atoms with van der Waals surface area (Å²) in [6, 6.07) is 0.760. The van der Waals surface area contributed by atoms with Crippen molar-refractivity contribution in [1.82, 2.24) is 10.2 Å². The molecule has 0 spiro atoms. The van der Waals surface area contributed by atoms with Crippen LogP contribution in [-0.4, -0.2) is 49.7 Å². The first-order chi connectivity index (χ1) is 9.60. The van der Waals surface area contributed by atoms with Gasteiger partial charge in [0.15, 0.2) is 0 Å². The molecule has 1 aliphatic heterocycles. The summed E-state index contributed by atoms with van der Waals surface area (Å²) in [5, 5.41) is 3.14. The zero-order valence-electron chi connectivity index (χ0n) is 13.3. The van der Waals surface area contributed by atoms with Gasteiger partial charge in [-0.15, -0.1) is 0 Å². The summed E-state index contributed by atoms with van der Waals surface area (Å²) in [4.78, 5) is 14.5. The lowest BCUT2D eigenvalue weighted by Gasteiger charge is -2.45. The monoisotopic (exact) mass is 282 g/mol. The van der Waals surface area contributed by atoms with Gasteiger partial charge < -0.3 is 15.0 Å². The first-order valence-electron chi connectivity index (χ1n) is 8.12. The number of carbonyl (C=O) groups is 1. The molecule has 3 atom stereocenters. The van der Waals surface area contributed by atoms with Crippen molar-refractivity contribution in [2.24, 2.45) is 5.92 Å². The van der Waals surface area contributed by atoms with Gasteiger partial charge in [-0.05, 0) is 58.5 Å². The van der Waals surface area contributed by atoms with Crippen molar-refractivity contribution >= 4 is 5.97 Å². The fourth-order valence-corrected chi connectivity index (χ4v) is 3.93. The Bertz CT molecular complexity index is 332. The van der Waals surface area contributed by atoms with Crippen molar-refractivity contribution in [3.8, 4) is 0 Å². The van der Waals surface area contributed by atoms with Crippen molar-refractivity contribution in [3.63, 3.8) is 0 Å². The number of carbonyl (C=O) groups excluding carboxylic acids is 1. The van der Waals surface area contributed by atoms with Crippen molar-refractivity contribution in [2.45, 2.75) is 63.5 Å². The highest BCUT2D eigenvalue weighted by atomic mass is 16.5. The molecule has 1 N–H and O–H groups in total. The van der Waals surface area contributed by atoms with Crippen molar-refractivity contribution < 1.29 is 9.53 Å². The second-order valence-electron chi connectivity index (χ2n) is 6.61. The van der Waals surface area contributed by atoms with Gasteiger partial charge in [-0.1, -0.05) is 12.8 Å². The molecule has 20 heavy (non-hydrogen) atoms. The van der Waals surface area contributed by atoms with Crippen molar-refractivity contribution in [3.05, 3.63) is 0 Å². The molecular weight excluding hydrogens is 252 g/mol. The summed E-state index contributed by atoms with van der Waals surface area (Å²) < 4.78 is 4.93. The number of methoxy groups -OCH3 is 1. The molecule has 1 unspecified atom stereocenters. The second-order valence-corrected chi connectivity index (χ2v) is 6.61. The Morgan fingerprint density at radius 1 is 1.30 bits per heavy atom. The van der Waals surface area contributed by atoms with E-state index in [1.807, 2.05) is 14.0 Å². The molecule has 2 rings (SSSR count). The molecule has 4 heteroatoms. The fraction of sp³-hybridized carbons (Fsp3) is 0.938. The number of likely N-dealkylation sites (tertiary alicyclic amines) is 1. The van der Waals surface area contributed by atoms with Crippen LogP contribution in [0.3, 0.4) is 0 Å². The van der Waals surface area contributed by atoms with Gasteiger partial charge in [0.25, 0.3) is 0 Å². The largest absolute Gasteiger partial charge is 0.468 e. The lowest BCUT2D eigenvalue weighted by molar-refractivity contribution is -0.148. The van der Waals surface area contributed by atoms with E-state index >= 15 is 0 Å². The van der Waals surface area contributed by atoms with Crippen LogP contribution in [0, 0.1) is 5.92 Å². The van der Waals surface area contributed by atoms with Crippen LogP contribution in [0.25, 0.3) is 0 Å². The predicted molar refractivity (Wildman–Crippen MR) is 80.7 cm³/mol. The molecule has 116 valence electrons. The Labute approximate surface area is 123 Å². The van der Waals surface area contributed by atoms with E-state index in [2.05, 4.69) is 10.2 Å². The summed E-state index contributed by atoms with van der Waals surface area (Å²) >= 11 is 0. The smallest absolute Gasteiger partial charge is 0.325 e. The van der Waals surface area contributed by atoms with Gasteiger partial charge in [0, 0.05) is 12.6 Å². The number of likely N-dealkylation sites (N-methyl/N-ethyl adjacent to an activating group) is 1. The van der Waals surface area contributed by atoms with Gasteiger partial charge in [-0.25, -0.2) is 0 Å². The Morgan fingerprint density at radius 3 is 2.70 bits per heavy atom. The molecule has 1 aliphatic carbocycles. The van der Waals surface area contributed by atoms with E-state index in [1.165, 1.54) is 52.2 Å². The number of hydrogen-bond donors (Lipinski definition) is 1. The highest BCUT2D eigenvalue weighted by Gasteiger charge is 2.37. The molecule has 1 saturated carbocycles. The van der Waals surface area contributed by atoms with E-state index in [1.54, 1.807) is 0 Å². The van der Waals surface area contributed by atoms with E-state index in [0.29, 0.717) is 0 Å². The number of fused-ring (bicyclic) bond motifs is 1. The average Bonchev–Trinajstić information content (AvgIpc) is 2.51. The number of piperidine rings is 1. The molecule has 2 aliphatic rings. The van der Waals surface area contributed by atoms with Crippen LogP contribution in [0.2, 0.25) is 0 Å². The van der Waals surface area contributed by atoms with Gasteiger partial charge in [0.2, 0.25) is 0 Å². The maximum absolute atomic E-state index is 11.9. The molecule has 0 amide bonds. The molecule has 1 heterocycles. The van der Waals surface area contributed by atoms with E-state index in [-0.39, 0.29) is 5.97 Å². The number of rotatable bonds is 5. The molecule has 0 aromatic heterocycles. The van der Waals surface area contributed by atoms with Gasteiger partial charge in [0.1, 0.15) is 5.54 Å². The topological polar surface area (TPSA) is 41.6 Å². The van der Waals surface area contributed by atoms with Crippen LogP contribution in [-0.2, 0) is 9.53 Å². The van der Waals surface area contributed by atoms with Crippen molar-refractivity contribution in [1.29, 1.82) is 0 Å². The minimum Gasteiger partial charge on any atom is -0.468 e. The van der Waals surface area contributed by atoms with Gasteiger partial charge in [0.05, 0.1) is 7.11 Å². The molecule has 4 nitrogen and oxygen atoms in total. The maximum atomic E-state index is 11.9.